The van der Waals surface area contributed by atoms with Crippen LogP contribution >= 0.6 is 0 Å². The maximum atomic E-state index is 11.0. The highest BCUT2D eigenvalue weighted by Gasteiger charge is 2.26. The van der Waals surface area contributed by atoms with Crippen molar-refractivity contribution in [2.45, 2.75) is 45.5 Å². The zero-order valence-corrected chi connectivity index (χ0v) is 7.87. The van der Waals surface area contributed by atoms with Crippen LogP contribution in [0.2, 0.25) is 0 Å². The van der Waals surface area contributed by atoms with Gasteiger partial charge in [-0.2, -0.15) is 0 Å². The Hall–Kier alpha value is -0.610. The zero-order valence-electron chi connectivity index (χ0n) is 7.87. The number of ether oxygens (including phenoxy) is 1. The largest absolute Gasteiger partial charge is 0.458 e. The Morgan fingerprint density at radius 2 is 1.75 bits per heavy atom. The lowest BCUT2D eigenvalue weighted by Crippen LogP contribution is -2.37. The lowest BCUT2D eigenvalue weighted by molar-refractivity contribution is -0.170. The van der Waals surface area contributed by atoms with Crippen molar-refractivity contribution in [3.63, 3.8) is 0 Å². The van der Waals surface area contributed by atoms with Gasteiger partial charge in [0.05, 0.1) is 6.10 Å². The number of hydrogen-bond donors (Lipinski definition) is 2. The first-order chi connectivity index (χ1) is 5.24. The van der Waals surface area contributed by atoms with Crippen LogP contribution in [0.25, 0.3) is 0 Å². The van der Waals surface area contributed by atoms with Gasteiger partial charge in [0.15, 0.2) is 6.10 Å². The number of esters is 1. The molecule has 0 aromatic rings. The maximum Gasteiger partial charge on any atom is 0.338 e. The molecule has 4 heteroatoms. The van der Waals surface area contributed by atoms with E-state index >= 15 is 0 Å². The molecule has 0 aliphatic heterocycles. The van der Waals surface area contributed by atoms with E-state index in [1.165, 1.54) is 6.92 Å². The van der Waals surface area contributed by atoms with Crippen LogP contribution in [0.15, 0.2) is 0 Å². The number of hydrogen-bond acceptors (Lipinski definition) is 4. The van der Waals surface area contributed by atoms with Gasteiger partial charge < -0.3 is 14.9 Å². The van der Waals surface area contributed by atoms with Gasteiger partial charge in [0, 0.05) is 0 Å². The number of carbonyl (C=O) groups is 1. The molecule has 0 aliphatic rings. The normalized spacial score (nSPS) is 16.8. The summed E-state index contributed by atoms with van der Waals surface area (Å²) in [4.78, 5) is 11.0. The second-order valence-corrected chi connectivity index (χ2v) is 3.72. The van der Waals surface area contributed by atoms with E-state index < -0.39 is 23.8 Å². The van der Waals surface area contributed by atoms with E-state index in [0.717, 1.165) is 0 Å². The van der Waals surface area contributed by atoms with Crippen molar-refractivity contribution < 1.29 is 19.7 Å². The Balaban J connectivity index is 4.05. The Morgan fingerprint density at radius 3 is 2.00 bits per heavy atom. The molecular weight excluding hydrogens is 160 g/mol. The van der Waals surface area contributed by atoms with E-state index in [-0.39, 0.29) is 0 Å². The van der Waals surface area contributed by atoms with Crippen molar-refractivity contribution in [1.82, 2.24) is 0 Å². The highest BCUT2D eigenvalue weighted by molar-refractivity contribution is 5.75. The summed E-state index contributed by atoms with van der Waals surface area (Å²) in [6.45, 7) is 6.41. The van der Waals surface area contributed by atoms with Gasteiger partial charge in [0.1, 0.15) is 5.60 Å². The molecule has 0 spiro atoms. The molecule has 2 N–H and O–H groups in total. The average molecular weight is 176 g/mol. The highest BCUT2D eigenvalue weighted by Crippen LogP contribution is 2.09. The van der Waals surface area contributed by atoms with Gasteiger partial charge in [0.2, 0.25) is 0 Å². The summed E-state index contributed by atoms with van der Waals surface area (Å²) in [6, 6.07) is 0. The van der Waals surface area contributed by atoms with Gasteiger partial charge in [0.25, 0.3) is 0 Å². The van der Waals surface area contributed by atoms with E-state index in [1.54, 1.807) is 20.8 Å². The minimum absolute atomic E-state index is 0.632. The summed E-state index contributed by atoms with van der Waals surface area (Å²) < 4.78 is 4.81. The molecule has 0 bridgehead atoms. The van der Waals surface area contributed by atoms with E-state index in [2.05, 4.69) is 0 Å². The molecule has 0 aromatic carbocycles. The molecule has 0 saturated carbocycles. The first kappa shape index (κ1) is 11.4. The zero-order chi connectivity index (χ0) is 9.94. The lowest BCUT2D eigenvalue weighted by Gasteiger charge is -2.22. The molecule has 12 heavy (non-hydrogen) atoms. The third kappa shape index (κ3) is 4.31. The second kappa shape index (κ2) is 3.87. The third-order valence-corrected chi connectivity index (χ3v) is 1.11. The van der Waals surface area contributed by atoms with Crippen molar-refractivity contribution in [2.24, 2.45) is 0 Å². The maximum absolute atomic E-state index is 11.0. The molecule has 0 heterocycles. The molecule has 0 fully saturated rings. The molecule has 72 valence electrons. The molecule has 0 aromatic heterocycles. The number of rotatable bonds is 2. The Kier molecular flexibility index (Phi) is 3.67. The Morgan fingerprint density at radius 1 is 1.33 bits per heavy atom. The van der Waals surface area contributed by atoms with Gasteiger partial charge in [-0.1, -0.05) is 0 Å². The van der Waals surface area contributed by atoms with Crippen molar-refractivity contribution in [3.05, 3.63) is 0 Å². The van der Waals surface area contributed by atoms with Crippen LogP contribution in [0.3, 0.4) is 0 Å². The molecule has 0 saturated heterocycles. The minimum Gasteiger partial charge on any atom is -0.458 e. The first-order valence-electron chi connectivity index (χ1n) is 3.83. The molecule has 2 atom stereocenters. The van der Waals surface area contributed by atoms with E-state index in [0.29, 0.717) is 0 Å². The summed E-state index contributed by atoms with van der Waals surface area (Å²) in [6.07, 6.45) is -2.55. The summed E-state index contributed by atoms with van der Waals surface area (Å²) in [5.74, 6) is -0.794. The van der Waals surface area contributed by atoms with Gasteiger partial charge in [-0.25, -0.2) is 4.79 Å². The van der Waals surface area contributed by atoms with Crippen LogP contribution < -0.4 is 0 Å². The average Bonchev–Trinajstić information content (AvgIpc) is 1.82. The molecule has 0 radical (unpaired) electrons. The number of aliphatic hydroxyl groups is 2. The number of carbonyl (C=O) groups excluding carboxylic acids is 1. The molecule has 0 unspecified atom stereocenters. The van der Waals surface area contributed by atoms with Crippen LogP contribution in [-0.2, 0) is 9.53 Å². The first-order valence-corrected chi connectivity index (χ1v) is 3.83. The predicted molar refractivity (Wildman–Crippen MR) is 43.5 cm³/mol. The second-order valence-electron chi connectivity index (χ2n) is 3.72. The minimum atomic E-state index is -1.45. The summed E-state index contributed by atoms with van der Waals surface area (Å²) >= 11 is 0. The molecule has 4 nitrogen and oxygen atoms in total. The van der Waals surface area contributed by atoms with E-state index in [1.807, 2.05) is 0 Å². The molecule has 0 rings (SSSR count). The third-order valence-electron chi connectivity index (χ3n) is 1.11. The van der Waals surface area contributed by atoms with Crippen LogP contribution in [0, 0.1) is 0 Å². The number of aliphatic hydroxyl groups excluding tert-OH is 2. The molecular formula is C8H16O4. The van der Waals surface area contributed by atoms with Crippen LogP contribution in [0.5, 0.6) is 0 Å². The lowest BCUT2D eigenvalue weighted by atomic mass is 10.2. The predicted octanol–water partition coefficient (Wildman–Crippen LogP) is 0.0698. The monoisotopic (exact) mass is 176 g/mol. The van der Waals surface area contributed by atoms with E-state index in [4.69, 9.17) is 14.9 Å². The summed E-state index contributed by atoms with van der Waals surface area (Å²) in [5, 5.41) is 17.9. The fourth-order valence-corrected chi connectivity index (χ4v) is 0.559. The molecule has 0 amide bonds. The van der Waals surface area contributed by atoms with Crippen LogP contribution in [0.4, 0.5) is 0 Å². The van der Waals surface area contributed by atoms with Gasteiger partial charge >= 0.3 is 5.97 Å². The highest BCUT2D eigenvalue weighted by atomic mass is 16.6. The summed E-state index contributed by atoms with van der Waals surface area (Å²) in [7, 11) is 0. The van der Waals surface area contributed by atoms with Gasteiger partial charge in [-0.3, -0.25) is 0 Å². The standard InChI is InChI=1S/C8H16O4/c1-5(9)6(10)7(11)12-8(2,3)4/h5-6,9-10H,1-4H3/t5-,6-/m0/s1. The van der Waals surface area contributed by atoms with Gasteiger partial charge in [-0.15, -0.1) is 0 Å². The van der Waals surface area contributed by atoms with Crippen molar-refractivity contribution in [2.75, 3.05) is 0 Å². The van der Waals surface area contributed by atoms with E-state index in [9.17, 15) is 4.79 Å². The van der Waals surface area contributed by atoms with Crippen molar-refractivity contribution in [1.29, 1.82) is 0 Å². The van der Waals surface area contributed by atoms with Gasteiger partial charge in [-0.05, 0) is 27.7 Å². The van der Waals surface area contributed by atoms with Crippen LogP contribution in [0.1, 0.15) is 27.7 Å². The Bertz CT molecular complexity index is 157. The summed E-state index contributed by atoms with van der Waals surface area (Å²) in [5.41, 5.74) is -0.632. The smallest absolute Gasteiger partial charge is 0.338 e. The van der Waals surface area contributed by atoms with Crippen LogP contribution in [-0.4, -0.2) is 34.0 Å². The quantitative estimate of drug-likeness (QED) is 0.584. The van der Waals surface area contributed by atoms with Crippen molar-refractivity contribution in [3.8, 4) is 0 Å². The topological polar surface area (TPSA) is 66.8 Å². The Labute approximate surface area is 72.2 Å². The van der Waals surface area contributed by atoms with Crippen molar-refractivity contribution >= 4 is 5.97 Å². The molecule has 0 aliphatic carbocycles. The fraction of sp³-hybridized carbons (Fsp3) is 0.875. The SMILES string of the molecule is C[C@H](O)[C@H](O)C(=O)OC(C)(C)C. The fourth-order valence-electron chi connectivity index (χ4n) is 0.559.